The molecular weight excluding hydrogens is 350 g/mol. The summed E-state index contributed by atoms with van der Waals surface area (Å²) < 4.78 is 5.93. The van der Waals surface area contributed by atoms with Gasteiger partial charge in [0.25, 0.3) is 0 Å². The molecule has 0 atom stereocenters. The fourth-order valence-electron chi connectivity index (χ4n) is 1.84. The number of furan rings is 1. The Morgan fingerprint density at radius 1 is 1.26 bits per heavy atom. The number of thioether (sulfide) groups is 2. The zero-order chi connectivity index (χ0) is 16.1. The normalized spacial score (nSPS) is 16.5. The molecule has 1 aromatic carbocycles. The lowest BCUT2D eigenvalue weighted by Gasteiger charge is -2.02. The van der Waals surface area contributed by atoms with Crippen LogP contribution in [-0.4, -0.2) is 9.49 Å². The van der Waals surface area contributed by atoms with Gasteiger partial charge in [0.2, 0.25) is 5.12 Å². The van der Waals surface area contributed by atoms with Crippen molar-refractivity contribution in [3.8, 4) is 0 Å². The number of carbonyl (C=O) groups excluding carboxylic acids is 1. The highest BCUT2D eigenvalue weighted by Crippen LogP contribution is 2.32. The summed E-state index contributed by atoms with van der Waals surface area (Å²) in [6, 6.07) is 11.3. The van der Waals surface area contributed by atoms with Gasteiger partial charge in [0.15, 0.2) is 0 Å². The maximum atomic E-state index is 11.9. The van der Waals surface area contributed by atoms with Crippen LogP contribution in [0.1, 0.15) is 11.3 Å². The van der Waals surface area contributed by atoms with Crippen LogP contribution in [0.25, 0.3) is 6.08 Å². The molecular formula is C17H12ClNO2S2. The van der Waals surface area contributed by atoms with Crippen molar-refractivity contribution in [1.82, 2.24) is 0 Å². The molecule has 0 N–H and O–H groups in total. The fourth-order valence-corrected chi connectivity index (χ4v) is 3.98. The third-order valence-corrected chi connectivity index (χ3v) is 5.39. The lowest BCUT2D eigenvalue weighted by atomic mass is 10.2. The van der Waals surface area contributed by atoms with Crippen molar-refractivity contribution < 1.29 is 9.21 Å². The monoisotopic (exact) mass is 361 g/mol. The minimum Gasteiger partial charge on any atom is -0.465 e. The van der Waals surface area contributed by atoms with E-state index in [2.05, 4.69) is 4.99 Å². The van der Waals surface area contributed by atoms with Crippen molar-refractivity contribution >= 4 is 50.7 Å². The molecule has 0 radical (unpaired) electrons. The Bertz CT molecular complexity index is 795. The molecule has 3 nitrogen and oxygen atoms in total. The van der Waals surface area contributed by atoms with Gasteiger partial charge in [-0.2, -0.15) is 0 Å². The Morgan fingerprint density at radius 2 is 2.13 bits per heavy atom. The van der Waals surface area contributed by atoms with Crippen LogP contribution in [0.4, 0.5) is 0 Å². The molecule has 0 spiro atoms. The standard InChI is InChI=1S/C17H12ClNO2S2/c18-14-8-2-1-5-12(14)11-22-17-19-15(16(20)23-17)9-3-6-13-7-4-10-21-13/h1-10H,11H2. The van der Waals surface area contributed by atoms with Crippen LogP contribution in [0.2, 0.25) is 5.02 Å². The molecule has 116 valence electrons. The molecule has 23 heavy (non-hydrogen) atoms. The van der Waals surface area contributed by atoms with E-state index in [1.165, 1.54) is 11.8 Å². The van der Waals surface area contributed by atoms with E-state index in [0.717, 1.165) is 32.5 Å². The summed E-state index contributed by atoms with van der Waals surface area (Å²) in [6.45, 7) is 0. The molecule has 6 heteroatoms. The number of allylic oxidation sites excluding steroid dienone is 2. The van der Waals surface area contributed by atoms with Gasteiger partial charge >= 0.3 is 0 Å². The van der Waals surface area contributed by atoms with Gasteiger partial charge in [-0.3, -0.25) is 4.79 Å². The summed E-state index contributed by atoms with van der Waals surface area (Å²) in [7, 11) is 0. The summed E-state index contributed by atoms with van der Waals surface area (Å²) in [5.41, 5.74) is 1.48. The second-order valence-electron chi connectivity index (χ2n) is 4.57. The van der Waals surface area contributed by atoms with E-state index in [-0.39, 0.29) is 5.12 Å². The lowest BCUT2D eigenvalue weighted by Crippen LogP contribution is -1.88. The van der Waals surface area contributed by atoms with Gasteiger partial charge in [0.1, 0.15) is 15.8 Å². The molecule has 2 aromatic rings. The van der Waals surface area contributed by atoms with Crippen molar-refractivity contribution in [2.24, 2.45) is 4.99 Å². The highest BCUT2D eigenvalue weighted by Gasteiger charge is 2.22. The van der Waals surface area contributed by atoms with E-state index in [9.17, 15) is 4.79 Å². The molecule has 0 saturated carbocycles. The Kier molecular flexibility index (Phi) is 5.43. The minimum atomic E-state index is -0.0456. The SMILES string of the molecule is O=C1SC(SCc2ccccc2Cl)=NC1=CC=Cc1ccco1. The number of hydrogen-bond acceptors (Lipinski definition) is 5. The van der Waals surface area contributed by atoms with Gasteiger partial charge in [-0.1, -0.05) is 47.6 Å². The van der Waals surface area contributed by atoms with Crippen LogP contribution in [0.15, 0.2) is 69.9 Å². The molecule has 0 fully saturated rings. The van der Waals surface area contributed by atoms with Crippen LogP contribution in [0.5, 0.6) is 0 Å². The second kappa shape index (κ2) is 7.73. The van der Waals surface area contributed by atoms with Crippen LogP contribution in [-0.2, 0) is 10.5 Å². The van der Waals surface area contributed by atoms with Crippen molar-refractivity contribution in [1.29, 1.82) is 0 Å². The highest BCUT2D eigenvalue weighted by molar-refractivity contribution is 8.45. The summed E-state index contributed by atoms with van der Waals surface area (Å²) in [5.74, 6) is 1.42. The van der Waals surface area contributed by atoms with Crippen molar-refractivity contribution in [2.75, 3.05) is 0 Å². The van der Waals surface area contributed by atoms with Crippen LogP contribution in [0.3, 0.4) is 0 Å². The van der Waals surface area contributed by atoms with E-state index in [0.29, 0.717) is 11.4 Å². The Morgan fingerprint density at radius 3 is 2.91 bits per heavy atom. The predicted molar refractivity (Wildman–Crippen MR) is 98.6 cm³/mol. The third-order valence-electron chi connectivity index (χ3n) is 2.97. The molecule has 0 amide bonds. The maximum Gasteiger partial charge on any atom is 0.244 e. The summed E-state index contributed by atoms with van der Waals surface area (Å²) in [6.07, 6.45) is 6.85. The predicted octanol–water partition coefficient (Wildman–Crippen LogP) is 5.39. The number of halogens is 1. The van der Waals surface area contributed by atoms with Gasteiger partial charge < -0.3 is 4.42 Å². The maximum absolute atomic E-state index is 11.9. The number of carbonyl (C=O) groups is 1. The lowest BCUT2D eigenvalue weighted by molar-refractivity contribution is -0.107. The van der Waals surface area contributed by atoms with Crippen molar-refractivity contribution in [3.63, 3.8) is 0 Å². The first-order valence-electron chi connectivity index (χ1n) is 6.81. The molecule has 1 aliphatic heterocycles. The van der Waals surface area contributed by atoms with Crippen molar-refractivity contribution in [3.05, 3.63) is 76.9 Å². The molecule has 0 aliphatic carbocycles. The number of hydrogen-bond donors (Lipinski definition) is 0. The van der Waals surface area contributed by atoms with E-state index in [1.54, 1.807) is 24.5 Å². The van der Waals surface area contributed by atoms with E-state index in [1.807, 2.05) is 36.4 Å². The molecule has 3 rings (SSSR count). The topological polar surface area (TPSA) is 42.6 Å². The molecule has 1 aliphatic rings. The number of rotatable bonds is 4. The first-order valence-corrected chi connectivity index (χ1v) is 8.99. The third kappa shape index (κ3) is 4.41. The number of aliphatic imine (C=N–C) groups is 1. The van der Waals surface area contributed by atoms with Gasteiger partial charge in [-0.15, -0.1) is 0 Å². The second-order valence-corrected chi connectivity index (χ2v) is 7.17. The Hall–Kier alpha value is -1.69. The van der Waals surface area contributed by atoms with E-state index < -0.39 is 0 Å². The number of benzene rings is 1. The van der Waals surface area contributed by atoms with Gasteiger partial charge in [0, 0.05) is 10.8 Å². The average Bonchev–Trinajstić information content (AvgIpc) is 3.17. The Labute approximate surface area is 147 Å². The minimum absolute atomic E-state index is 0.0456. The highest BCUT2D eigenvalue weighted by atomic mass is 35.5. The molecule has 0 unspecified atom stereocenters. The number of nitrogens with zero attached hydrogens (tertiary/aromatic N) is 1. The fraction of sp³-hybridized carbons (Fsp3) is 0.0588. The van der Waals surface area contributed by atoms with E-state index in [4.69, 9.17) is 16.0 Å². The van der Waals surface area contributed by atoms with Crippen LogP contribution in [0, 0.1) is 0 Å². The van der Waals surface area contributed by atoms with Crippen molar-refractivity contribution in [2.45, 2.75) is 5.75 Å². The molecule has 2 heterocycles. The summed E-state index contributed by atoms with van der Waals surface area (Å²) in [5, 5.41) is 0.683. The molecule has 0 bridgehead atoms. The van der Waals surface area contributed by atoms with Gasteiger partial charge in [-0.25, -0.2) is 4.99 Å². The summed E-state index contributed by atoms with van der Waals surface area (Å²) in [4.78, 5) is 16.3. The summed E-state index contributed by atoms with van der Waals surface area (Å²) >= 11 is 8.79. The van der Waals surface area contributed by atoms with Gasteiger partial charge in [-0.05, 0) is 47.7 Å². The molecule has 1 aromatic heterocycles. The van der Waals surface area contributed by atoms with Crippen LogP contribution < -0.4 is 0 Å². The first-order chi connectivity index (χ1) is 11.2. The zero-order valence-corrected chi connectivity index (χ0v) is 14.3. The van der Waals surface area contributed by atoms with Gasteiger partial charge in [0.05, 0.1) is 6.26 Å². The largest absolute Gasteiger partial charge is 0.465 e. The molecule has 0 saturated heterocycles. The average molecular weight is 362 g/mol. The van der Waals surface area contributed by atoms with E-state index >= 15 is 0 Å². The first kappa shape index (κ1) is 16.2. The van der Waals surface area contributed by atoms with Crippen LogP contribution >= 0.6 is 35.1 Å². The smallest absolute Gasteiger partial charge is 0.244 e. The Balaban J connectivity index is 1.63. The zero-order valence-electron chi connectivity index (χ0n) is 11.9. The quantitative estimate of drug-likeness (QED) is 0.684.